The molecule has 3 N–H and O–H groups in total. The van der Waals surface area contributed by atoms with E-state index in [0.717, 1.165) is 28.4 Å². The first kappa shape index (κ1) is 10.5. The molecule has 0 amide bonds. The third-order valence-corrected chi connectivity index (χ3v) is 3.43. The minimum Gasteiger partial charge on any atom is -0.398 e. The Balaban J connectivity index is 1.94. The van der Waals surface area contributed by atoms with Crippen molar-refractivity contribution in [3.8, 4) is 0 Å². The van der Waals surface area contributed by atoms with Crippen LogP contribution in [0.3, 0.4) is 0 Å². The molecule has 3 rings (SSSR count). The Bertz CT molecular complexity index is 566. The van der Waals surface area contributed by atoms with Crippen LogP contribution in [-0.2, 0) is 6.42 Å². The zero-order valence-corrected chi connectivity index (χ0v) is 10.0. The molecule has 1 heterocycles. The Morgan fingerprint density at radius 2 is 2.00 bits per heavy atom. The van der Waals surface area contributed by atoms with Gasteiger partial charge in [-0.05, 0) is 35.7 Å². The van der Waals surface area contributed by atoms with E-state index in [4.69, 9.17) is 17.3 Å². The number of nitrogen functional groups attached to an aromatic ring is 1. The monoisotopic (exact) mass is 244 g/mol. The highest BCUT2D eigenvalue weighted by Gasteiger charge is 2.23. The predicted octanol–water partition coefficient (Wildman–Crippen LogP) is 3.63. The molecule has 3 heteroatoms. The minimum absolute atomic E-state index is 0.254. The summed E-state index contributed by atoms with van der Waals surface area (Å²) >= 11 is 5.98. The maximum Gasteiger partial charge on any atom is 0.0575 e. The zero-order valence-electron chi connectivity index (χ0n) is 9.28. The van der Waals surface area contributed by atoms with Crippen LogP contribution in [0.5, 0.6) is 0 Å². The van der Waals surface area contributed by atoms with Crippen molar-refractivity contribution in [2.75, 3.05) is 11.1 Å². The molecule has 0 fully saturated rings. The van der Waals surface area contributed by atoms with Crippen molar-refractivity contribution in [3.05, 3.63) is 58.6 Å². The molecular weight excluding hydrogens is 232 g/mol. The van der Waals surface area contributed by atoms with Gasteiger partial charge in [0.05, 0.1) is 6.04 Å². The second-order valence-corrected chi connectivity index (χ2v) is 4.77. The maximum atomic E-state index is 6.00. The second kappa shape index (κ2) is 3.97. The van der Waals surface area contributed by atoms with E-state index in [2.05, 4.69) is 17.4 Å². The summed E-state index contributed by atoms with van der Waals surface area (Å²) in [7, 11) is 0. The fourth-order valence-corrected chi connectivity index (χ4v) is 2.51. The third kappa shape index (κ3) is 1.85. The van der Waals surface area contributed by atoms with Crippen LogP contribution in [-0.4, -0.2) is 0 Å². The average Bonchev–Trinajstić information content (AvgIpc) is 2.72. The molecule has 0 saturated carbocycles. The van der Waals surface area contributed by atoms with Gasteiger partial charge in [0.1, 0.15) is 0 Å². The summed E-state index contributed by atoms with van der Waals surface area (Å²) in [4.78, 5) is 0. The Hall–Kier alpha value is -1.67. The molecule has 1 aliphatic heterocycles. The van der Waals surface area contributed by atoms with E-state index < -0.39 is 0 Å². The molecule has 0 spiro atoms. The number of halogens is 1. The van der Waals surface area contributed by atoms with Crippen LogP contribution in [0.4, 0.5) is 11.4 Å². The number of benzene rings is 2. The molecule has 1 unspecified atom stereocenters. The average molecular weight is 245 g/mol. The van der Waals surface area contributed by atoms with E-state index in [1.54, 1.807) is 0 Å². The first-order chi connectivity index (χ1) is 8.24. The number of nitrogens with one attached hydrogen (secondary N) is 1. The van der Waals surface area contributed by atoms with Crippen LogP contribution in [0.1, 0.15) is 17.2 Å². The molecule has 2 aromatic carbocycles. The number of hydrogen-bond donors (Lipinski definition) is 2. The summed E-state index contributed by atoms with van der Waals surface area (Å²) < 4.78 is 0. The molecule has 2 aromatic rings. The molecule has 0 radical (unpaired) electrons. The van der Waals surface area contributed by atoms with Gasteiger partial charge >= 0.3 is 0 Å². The van der Waals surface area contributed by atoms with E-state index in [-0.39, 0.29) is 6.04 Å². The van der Waals surface area contributed by atoms with Crippen molar-refractivity contribution in [2.45, 2.75) is 12.5 Å². The molecule has 0 aliphatic carbocycles. The molecule has 0 bridgehead atoms. The van der Waals surface area contributed by atoms with E-state index in [1.807, 2.05) is 30.3 Å². The van der Waals surface area contributed by atoms with Gasteiger partial charge in [-0.25, -0.2) is 0 Å². The highest BCUT2D eigenvalue weighted by molar-refractivity contribution is 6.30. The summed E-state index contributed by atoms with van der Waals surface area (Å²) in [6.45, 7) is 0. The van der Waals surface area contributed by atoms with Gasteiger partial charge in [-0.2, -0.15) is 0 Å². The van der Waals surface area contributed by atoms with Crippen LogP contribution in [0.2, 0.25) is 5.02 Å². The Morgan fingerprint density at radius 3 is 2.82 bits per heavy atom. The maximum absolute atomic E-state index is 6.00. The molecule has 0 saturated heterocycles. The van der Waals surface area contributed by atoms with Crippen LogP contribution >= 0.6 is 11.6 Å². The van der Waals surface area contributed by atoms with Crippen molar-refractivity contribution in [1.29, 1.82) is 0 Å². The third-order valence-electron chi connectivity index (χ3n) is 3.20. The smallest absolute Gasteiger partial charge is 0.0575 e. The largest absolute Gasteiger partial charge is 0.398 e. The van der Waals surface area contributed by atoms with E-state index >= 15 is 0 Å². The zero-order chi connectivity index (χ0) is 11.8. The summed E-state index contributed by atoms with van der Waals surface area (Å²) in [5.41, 5.74) is 10.4. The fourth-order valence-electron chi connectivity index (χ4n) is 2.34. The van der Waals surface area contributed by atoms with Crippen molar-refractivity contribution in [1.82, 2.24) is 0 Å². The Kier molecular flexibility index (Phi) is 2.45. The molecular formula is C14H13ClN2. The van der Waals surface area contributed by atoms with Gasteiger partial charge in [-0.15, -0.1) is 0 Å². The van der Waals surface area contributed by atoms with Gasteiger partial charge in [-0.1, -0.05) is 35.9 Å². The number of anilines is 2. The molecule has 0 aromatic heterocycles. The molecule has 17 heavy (non-hydrogen) atoms. The standard InChI is InChI=1S/C14H13ClN2/c15-10-6-5-9-7-14(17-13(9)8-10)11-3-1-2-4-12(11)16/h1-6,8,14,17H,7,16H2. The summed E-state index contributed by atoms with van der Waals surface area (Å²) in [6.07, 6.45) is 0.959. The number of rotatable bonds is 1. The van der Waals surface area contributed by atoms with Crippen molar-refractivity contribution in [2.24, 2.45) is 0 Å². The number of nitrogens with two attached hydrogens (primary N) is 1. The lowest BCUT2D eigenvalue weighted by Gasteiger charge is -2.13. The van der Waals surface area contributed by atoms with Crippen LogP contribution in [0.15, 0.2) is 42.5 Å². The Morgan fingerprint density at radius 1 is 1.18 bits per heavy atom. The molecule has 1 atom stereocenters. The van der Waals surface area contributed by atoms with E-state index in [0.29, 0.717) is 0 Å². The SMILES string of the molecule is Nc1ccccc1C1Cc2ccc(Cl)cc2N1. The van der Waals surface area contributed by atoms with Crippen molar-refractivity contribution < 1.29 is 0 Å². The van der Waals surface area contributed by atoms with Gasteiger partial charge in [0.25, 0.3) is 0 Å². The number of fused-ring (bicyclic) bond motifs is 1. The number of para-hydroxylation sites is 1. The topological polar surface area (TPSA) is 38.0 Å². The normalized spacial score (nSPS) is 17.6. The fraction of sp³-hybridized carbons (Fsp3) is 0.143. The van der Waals surface area contributed by atoms with Crippen molar-refractivity contribution in [3.63, 3.8) is 0 Å². The lowest BCUT2D eigenvalue weighted by molar-refractivity contribution is 0.827. The minimum atomic E-state index is 0.254. The van der Waals surface area contributed by atoms with Crippen LogP contribution < -0.4 is 11.1 Å². The van der Waals surface area contributed by atoms with Gasteiger partial charge in [0.2, 0.25) is 0 Å². The van der Waals surface area contributed by atoms with Crippen LogP contribution in [0.25, 0.3) is 0 Å². The summed E-state index contributed by atoms with van der Waals surface area (Å²) in [5.74, 6) is 0. The molecule has 2 nitrogen and oxygen atoms in total. The quantitative estimate of drug-likeness (QED) is 0.752. The highest BCUT2D eigenvalue weighted by Crippen LogP contribution is 2.37. The summed E-state index contributed by atoms with van der Waals surface area (Å²) in [5, 5.41) is 4.23. The molecule has 86 valence electrons. The van der Waals surface area contributed by atoms with Gasteiger partial charge in [-0.3, -0.25) is 0 Å². The summed E-state index contributed by atoms with van der Waals surface area (Å²) in [6, 6.07) is 14.2. The van der Waals surface area contributed by atoms with Gasteiger partial charge in [0, 0.05) is 16.4 Å². The van der Waals surface area contributed by atoms with Crippen LogP contribution in [0, 0.1) is 0 Å². The Labute approximate surface area is 105 Å². The lowest BCUT2D eigenvalue weighted by atomic mass is 10.0. The first-order valence-electron chi connectivity index (χ1n) is 5.63. The number of hydrogen-bond acceptors (Lipinski definition) is 2. The van der Waals surface area contributed by atoms with E-state index in [1.165, 1.54) is 5.56 Å². The van der Waals surface area contributed by atoms with Gasteiger partial charge < -0.3 is 11.1 Å². The molecule has 1 aliphatic rings. The van der Waals surface area contributed by atoms with Gasteiger partial charge in [0.15, 0.2) is 0 Å². The first-order valence-corrected chi connectivity index (χ1v) is 6.01. The second-order valence-electron chi connectivity index (χ2n) is 4.33. The highest BCUT2D eigenvalue weighted by atomic mass is 35.5. The lowest BCUT2D eigenvalue weighted by Crippen LogP contribution is -2.08. The van der Waals surface area contributed by atoms with E-state index in [9.17, 15) is 0 Å². The van der Waals surface area contributed by atoms with Crippen molar-refractivity contribution >= 4 is 23.0 Å². The predicted molar refractivity (Wildman–Crippen MR) is 72.4 cm³/mol.